The predicted molar refractivity (Wildman–Crippen MR) is 174 cm³/mol. The van der Waals surface area contributed by atoms with Gasteiger partial charge in [-0.1, -0.05) is 41.6 Å². The number of thiophene rings is 1. The summed E-state index contributed by atoms with van der Waals surface area (Å²) in [5.41, 5.74) is 10.6. The molecule has 222 valence electrons. The maximum atomic E-state index is 13.1. The molecule has 0 radical (unpaired) electrons. The van der Waals surface area contributed by atoms with Crippen molar-refractivity contribution in [1.82, 2.24) is 20.1 Å². The Bertz CT molecular complexity index is 1750. The number of nitrogens with two attached hydrogens (primary N) is 1. The van der Waals surface area contributed by atoms with Gasteiger partial charge in [-0.3, -0.25) is 19.1 Å². The molecule has 43 heavy (non-hydrogen) atoms. The van der Waals surface area contributed by atoms with Crippen molar-refractivity contribution in [1.29, 1.82) is 0 Å². The molecule has 0 aliphatic carbocycles. The van der Waals surface area contributed by atoms with Crippen LogP contribution in [0, 0.1) is 32.6 Å². The summed E-state index contributed by atoms with van der Waals surface area (Å²) in [6.07, 6.45) is 0.158. The number of carbonyl (C=O) groups is 2. The van der Waals surface area contributed by atoms with E-state index in [1.54, 1.807) is 23.5 Å². The molecule has 0 fully saturated rings. The zero-order chi connectivity index (χ0) is 29.8. The maximum absolute atomic E-state index is 13.1. The average molecular weight is 637 g/mol. The highest BCUT2D eigenvalue weighted by atomic mass is 35.5. The van der Waals surface area contributed by atoms with Crippen LogP contribution in [0.5, 0.6) is 0 Å². The maximum Gasteiger partial charge on any atom is 0.226 e. The van der Waals surface area contributed by atoms with E-state index in [1.165, 1.54) is 4.88 Å². The minimum atomic E-state index is -0.581. The number of nitrogens with zero attached hydrogens (tertiary/aromatic N) is 4. The fourth-order valence-electron chi connectivity index (χ4n) is 4.75. The largest absolute Gasteiger partial charge is 0.356 e. The molecule has 2 aromatic heterocycles. The molecule has 12 heteroatoms. The summed E-state index contributed by atoms with van der Waals surface area (Å²) in [6.45, 7) is 6.50. The Hall–Kier alpha value is -4.01. The molecule has 4 N–H and O–H groups in total. The van der Waals surface area contributed by atoms with Crippen molar-refractivity contribution < 1.29 is 9.59 Å². The summed E-state index contributed by atoms with van der Waals surface area (Å²) < 4.78 is 2.00. The van der Waals surface area contributed by atoms with Crippen LogP contribution >= 0.6 is 35.3 Å². The van der Waals surface area contributed by atoms with E-state index in [2.05, 4.69) is 46.5 Å². The number of nitrogens with one attached hydrogen (secondary N) is 2. The molecular weight excluding hydrogens is 605 g/mol. The number of hydrogen-bond acceptors (Lipinski definition) is 7. The third-order valence-electron chi connectivity index (χ3n) is 6.89. The van der Waals surface area contributed by atoms with E-state index in [1.807, 2.05) is 47.9 Å². The van der Waals surface area contributed by atoms with Gasteiger partial charge in [-0.2, -0.15) is 0 Å². The Labute approximate surface area is 265 Å². The highest BCUT2D eigenvalue weighted by molar-refractivity contribution is 7.15. The summed E-state index contributed by atoms with van der Waals surface area (Å²) in [7, 11) is 0. The lowest BCUT2D eigenvalue weighted by molar-refractivity contribution is -0.121. The van der Waals surface area contributed by atoms with Crippen molar-refractivity contribution in [2.24, 2.45) is 10.7 Å². The van der Waals surface area contributed by atoms with E-state index in [4.69, 9.17) is 22.3 Å². The second kappa shape index (κ2) is 14.0. The van der Waals surface area contributed by atoms with Crippen LogP contribution in [-0.4, -0.2) is 45.4 Å². The Morgan fingerprint density at radius 1 is 1.09 bits per heavy atom. The number of aliphatic imine (C=N–C) groups is 1. The Kier molecular flexibility index (Phi) is 10.4. The number of anilines is 1. The first kappa shape index (κ1) is 31.9. The van der Waals surface area contributed by atoms with Crippen LogP contribution in [0.3, 0.4) is 0 Å². The van der Waals surface area contributed by atoms with Gasteiger partial charge in [-0.15, -0.1) is 33.9 Å². The van der Waals surface area contributed by atoms with E-state index in [0.29, 0.717) is 16.5 Å². The zero-order valence-electron chi connectivity index (χ0n) is 23.9. The zero-order valence-corrected chi connectivity index (χ0v) is 26.3. The fourth-order valence-corrected chi connectivity index (χ4v) is 6.09. The fraction of sp³-hybridized carbons (Fsp3) is 0.258. The topological polar surface area (TPSA) is 127 Å². The van der Waals surface area contributed by atoms with Crippen molar-refractivity contribution in [2.75, 3.05) is 18.4 Å². The summed E-state index contributed by atoms with van der Waals surface area (Å²) in [5, 5.41) is 16.1. The summed E-state index contributed by atoms with van der Waals surface area (Å²) in [4.78, 5) is 31.9. The van der Waals surface area contributed by atoms with E-state index in [-0.39, 0.29) is 50.2 Å². The van der Waals surface area contributed by atoms with Crippen LogP contribution in [0.1, 0.15) is 57.7 Å². The minimum Gasteiger partial charge on any atom is -0.356 e. The Morgan fingerprint density at radius 2 is 1.86 bits per heavy atom. The molecular formula is C31H31Cl2N7O2S. The SMILES string of the molecule is Cc1sc2c(c1C)C(c1ccc(Cl)cc1)=N[C@@H](CC(=O)NCCC(=O)Nc1cccc(C#CCN)c1)c1nnc(C)n1-2.Cl. The third-order valence-corrected chi connectivity index (χ3v) is 8.34. The number of aryl methyl sites for hydroxylation is 2. The summed E-state index contributed by atoms with van der Waals surface area (Å²) in [5.74, 6) is 6.60. The van der Waals surface area contributed by atoms with Gasteiger partial charge in [-0.05, 0) is 56.7 Å². The van der Waals surface area contributed by atoms with Gasteiger partial charge in [0.05, 0.1) is 18.7 Å². The van der Waals surface area contributed by atoms with Crippen molar-refractivity contribution in [3.63, 3.8) is 0 Å². The van der Waals surface area contributed by atoms with Gasteiger partial charge in [0.25, 0.3) is 0 Å². The smallest absolute Gasteiger partial charge is 0.226 e. The number of amides is 2. The molecule has 0 saturated heterocycles. The van der Waals surface area contributed by atoms with Crippen LogP contribution in [0.4, 0.5) is 5.69 Å². The number of benzene rings is 2. The average Bonchev–Trinajstić information content (AvgIpc) is 3.44. The van der Waals surface area contributed by atoms with Crippen molar-refractivity contribution >= 4 is 58.6 Å². The first-order chi connectivity index (χ1) is 20.2. The third kappa shape index (κ3) is 7.14. The number of fused-ring (bicyclic) bond motifs is 3. The molecule has 4 aromatic rings. The molecule has 1 aliphatic rings. The highest BCUT2D eigenvalue weighted by Crippen LogP contribution is 2.39. The molecule has 5 rings (SSSR count). The quantitative estimate of drug-likeness (QED) is 0.244. The molecule has 9 nitrogen and oxygen atoms in total. The first-order valence-electron chi connectivity index (χ1n) is 13.5. The van der Waals surface area contributed by atoms with E-state index < -0.39 is 6.04 Å². The molecule has 1 atom stereocenters. The number of carbonyl (C=O) groups excluding carboxylic acids is 2. The van der Waals surface area contributed by atoms with Crippen LogP contribution < -0.4 is 16.4 Å². The minimum absolute atomic E-state index is 0. The molecule has 0 bridgehead atoms. The standard InChI is InChI=1S/C31H30ClN7O2S.ClH/c1-18-19(2)42-31-28(18)29(22-9-11-23(32)12-10-22)36-25(30-38-37-20(3)39(30)31)17-27(41)34-15-13-26(40)35-24-8-4-6-21(16-24)7-5-14-33;/h4,6,8-12,16,25H,13-15,17,33H2,1-3H3,(H,34,41)(H,35,40);1H/t25-;/m0./s1. The number of halogens is 2. The number of aromatic nitrogens is 3. The van der Waals surface area contributed by atoms with Gasteiger partial charge < -0.3 is 16.4 Å². The van der Waals surface area contributed by atoms with E-state index >= 15 is 0 Å². The van der Waals surface area contributed by atoms with Gasteiger partial charge in [0, 0.05) is 45.2 Å². The second-order valence-electron chi connectivity index (χ2n) is 9.84. The van der Waals surface area contributed by atoms with Crippen molar-refractivity contribution in [3.05, 3.63) is 92.3 Å². The lowest BCUT2D eigenvalue weighted by Gasteiger charge is -2.13. The molecule has 0 saturated carbocycles. The van der Waals surface area contributed by atoms with Gasteiger partial charge in [0.2, 0.25) is 11.8 Å². The lowest BCUT2D eigenvalue weighted by Crippen LogP contribution is -2.29. The second-order valence-corrected chi connectivity index (χ2v) is 11.5. The molecule has 2 amide bonds. The first-order valence-corrected chi connectivity index (χ1v) is 14.7. The van der Waals surface area contributed by atoms with Crippen LogP contribution in [0.15, 0.2) is 53.5 Å². The van der Waals surface area contributed by atoms with Crippen LogP contribution in [0.25, 0.3) is 5.00 Å². The summed E-state index contributed by atoms with van der Waals surface area (Å²) >= 11 is 7.84. The van der Waals surface area contributed by atoms with Gasteiger partial charge in [0.15, 0.2) is 5.82 Å². The monoisotopic (exact) mass is 635 g/mol. The van der Waals surface area contributed by atoms with E-state index in [9.17, 15) is 9.59 Å². The highest BCUT2D eigenvalue weighted by Gasteiger charge is 2.32. The normalized spacial score (nSPS) is 13.3. The van der Waals surface area contributed by atoms with Crippen molar-refractivity contribution in [3.8, 4) is 16.8 Å². The lowest BCUT2D eigenvalue weighted by atomic mass is 9.99. The molecule has 2 aromatic carbocycles. The predicted octanol–water partition coefficient (Wildman–Crippen LogP) is 5.07. The summed E-state index contributed by atoms with van der Waals surface area (Å²) in [6, 6.07) is 14.2. The Balaban J connectivity index is 0.00000423. The number of hydrogen-bond donors (Lipinski definition) is 3. The van der Waals surface area contributed by atoms with Gasteiger partial charge in [0.1, 0.15) is 16.9 Å². The van der Waals surface area contributed by atoms with Gasteiger partial charge >= 0.3 is 0 Å². The molecule has 1 aliphatic heterocycles. The Morgan fingerprint density at radius 3 is 2.60 bits per heavy atom. The van der Waals surface area contributed by atoms with Crippen molar-refractivity contribution in [2.45, 2.75) is 39.7 Å². The van der Waals surface area contributed by atoms with Crippen LogP contribution in [-0.2, 0) is 9.59 Å². The molecule has 3 heterocycles. The molecule has 0 spiro atoms. The van der Waals surface area contributed by atoms with Gasteiger partial charge in [-0.25, -0.2) is 0 Å². The van der Waals surface area contributed by atoms with Crippen LogP contribution in [0.2, 0.25) is 5.02 Å². The number of rotatable bonds is 7. The van der Waals surface area contributed by atoms with E-state index in [0.717, 1.165) is 38.8 Å². The molecule has 0 unspecified atom stereocenters.